The molecule has 0 saturated heterocycles. The zero-order valence-corrected chi connectivity index (χ0v) is 11.8. The van der Waals surface area contributed by atoms with E-state index in [0.29, 0.717) is 5.56 Å². The maximum absolute atomic E-state index is 12.1. The van der Waals surface area contributed by atoms with Crippen LogP contribution >= 0.6 is 0 Å². The normalized spacial score (nSPS) is 10.1. The summed E-state index contributed by atoms with van der Waals surface area (Å²) in [5.41, 5.74) is 2.71. The number of benzene rings is 2. The van der Waals surface area contributed by atoms with Crippen LogP contribution in [0.2, 0.25) is 0 Å². The molecule has 0 aromatic heterocycles. The molecule has 2 rings (SSSR count). The fourth-order valence-corrected chi connectivity index (χ4v) is 1.99. The molecule has 0 aliphatic rings. The van der Waals surface area contributed by atoms with Crippen molar-refractivity contribution in [2.24, 2.45) is 0 Å². The average molecular weight is 269 g/mol. The Balaban J connectivity index is 2.02. The fourth-order valence-electron chi connectivity index (χ4n) is 1.99. The molecular weight excluding hydrogens is 250 g/mol. The van der Waals surface area contributed by atoms with Crippen molar-refractivity contribution in [2.45, 2.75) is 19.8 Å². The minimum atomic E-state index is -0.115. The van der Waals surface area contributed by atoms with Gasteiger partial charge in [-0.3, -0.25) is 4.79 Å². The second-order valence-corrected chi connectivity index (χ2v) is 4.63. The second-order valence-electron chi connectivity index (χ2n) is 4.63. The molecule has 0 spiro atoms. The quantitative estimate of drug-likeness (QED) is 0.894. The topological polar surface area (TPSA) is 38.3 Å². The van der Waals surface area contributed by atoms with Crippen molar-refractivity contribution in [3.8, 4) is 5.75 Å². The smallest absolute Gasteiger partial charge is 0.255 e. The van der Waals surface area contributed by atoms with Gasteiger partial charge in [-0.05, 0) is 48.4 Å². The van der Waals surface area contributed by atoms with E-state index >= 15 is 0 Å². The lowest BCUT2D eigenvalue weighted by atomic mass is 10.1. The summed E-state index contributed by atoms with van der Waals surface area (Å²) in [6.45, 7) is 2.15. The molecule has 0 radical (unpaired) electrons. The number of hydrogen-bond donors (Lipinski definition) is 1. The SMILES string of the molecule is CCCc1ccc(NC(=O)c2ccc(OC)cc2)cc1. The molecule has 1 N–H and O–H groups in total. The highest BCUT2D eigenvalue weighted by atomic mass is 16.5. The molecule has 0 atom stereocenters. The van der Waals surface area contributed by atoms with Crippen LogP contribution < -0.4 is 10.1 Å². The molecule has 2 aromatic rings. The zero-order valence-electron chi connectivity index (χ0n) is 11.8. The molecular formula is C17H19NO2. The van der Waals surface area contributed by atoms with Crippen LogP contribution in [0.25, 0.3) is 0 Å². The monoisotopic (exact) mass is 269 g/mol. The highest BCUT2D eigenvalue weighted by Crippen LogP contribution is 2.15. The largest absolute Gasteiger partial charge is 0.497 e. The van der Waals surface area contributed by atoms with Crippen LogP contribution in [0.4, 0.5) is 5.69 Å². The summed E-state index contributed by atoms with van der Waals surface area (Å²) in [5, 5.41) is 2.89. The van der Waals surface area contributed by atoms with Crippen molar-refractivity contribution < 1.29 is 9.53 Å². The van der Waals surface area contributed by atoms with Gasteiger partial charge in [0, 0.05) is 11.3 Å². The minimum absolute atomic E-state index is 0.115. The number of aryl methyl sites for hydroxylation is 1. The zero-order chi connectivity index (χ0) is 14.4. The van der Waals surface area contributed by atoms with Crippen LogP contribution in [-0.2, 0) is 6.42 Å². The summed E-state index contributed by atoms with van der Waals surface area (Å²) in [6, 6.07) is 15.0. The molecule has 20 heavy (non-hydrogen) atoms. The van der Waals surface area contributed by atoms with E-state index in [4.69, 9.17) is 4.74 Å². The van der Waals surface area contributed by atoms with Gasteiger partial charge < -0.3 is 10.1 Å². The summed E-state index contributed by atoms with van der Waals surface area (Å²) in [6.07, 6.45) is 2.18. The first kappa shape index (κ1) is 14.1. The number of carbonyl (C=O) groups excluding carboxylic acids is 1. The van der Waals surface area contributed by atoms with Gasteiger partial charge in [0.15, 0.2) is 0 Å². The molecule has 0 saturated carbocycles. The minimum Gasteiger partial charge on any atom is -0.497 e. The lowest BCUT2D eigenvalue weighted by molar-refractivity contribution is 0.102. The van der Waals surface area contributed by atoms with E-state index < -0.39 is 0 Å². The Hall–Kier alpha value is -2.29. The maximum atomic E-state index is 12.1. The van der Waals surface area contributed by atoms with Crippen molar-refractivity contribution in [2.75, 3.05) is 12.4 Å². The lowest BCUT2D eigenvalue weighted by Crippen LogP contribution is -2.11. The first-order valence-electron chi connectivity index (χ1n) is 6.77. The van der Waals surface area contributed by atoms with Gasteiger partial charge in [0.25, 0.3) is 5.91 Å². The number of amides is 1. The average Bonchev–Trinajstić information content (AvgIpc) is 2.49. The second kappa shape index (κ2) is 6.75. The fraction of sp³-hybridized carbons (Fsp3) is 0.235. The van der Waals surface area contributed by atoms with Gasteiger partial charge in [-0.1, -0.05) is 25.5 Å². The van der Waals surface area contributed by atoms with Crippen LogP contribution in [0, 0.1) is 0 Å². The number of hydrogen-bond acceptors (Lipinski definition) is 2. The Labute approximate surface area is 119 Å². The van der Waals surface area contributed by atoms with Crippen LogP contribution in [0.5, 0.6) is 5.75 Å². The van der Waals surface area contributed by atoms with Gasteiger partial charge in [-0.2, -0.15) is 0 Å². The number of nitrogens with one attached hydrogen (secondary N) is 1. The first-order valence-corrected chi connectivity index (χ1v) is 6.77. The maximum Gasteiger partial charge on any atom is 0.255 e. The number of ether oxygens (including phenoxy) is 1. The third kappa shape index (κ3) is 3.60. The number of carbonyl (C=O) groups is 1. The van der Waals surface area contributed by atoms with E-state index in [1.54, 1.807) is 31.4 Å². The molecule has 0 heterocycles. The Bertz CT molecular complexity index is 559. The van der Waals surface area contributed by atoms with Gasteiger partial charge in [0.1, 0.15) is 5.75 Å². The van der Waals surface area contributed by atoms with Crippen LogP contribution in [0.3, 0.4) is 0 Å². The summed E-state index contributed by atoms with van der Waals surface area (Å²) < 4.78 is 5.07. The highest BCUT2D eigenvalue weighted by molar-refractivity contribution is 6.04. The van der Waals surface area contributed by atoms with Crippen molar-refractivity contribution in [3.05, 3.63) is 59.7 Å². The van der Waals surface area contributed by atoms with E-state index in [2.05, 4.69) is 12.2 Å². The number of methoxy groups -OCH3 is 1. The van der Waals surface area contributed by atoms with Gasteiger partial charge >= 0.3 is 0 Å². The van der Waals surface area contributed by atoms with E-state index in [1.807, 2.05) is 24.3 Å². The van der Waals surface area contributed by atoms with Crippen LogP contribution in [-0.4, -0.2) is 13.0 Å². The van der Waals surface area contributed by atoms with E-state index in [9.17, 15) is 4.79 Å². The van der Waals surface area contributed by atoms with Gasteiger partial charge in [-0.15, -0.1) is 0 Å². The molecule has 3 heteroatoms. The molecule has 0 bridgehead atoms. The van der Waals surface area contributed by atoms with E-state index in [1.165, 1.54) is 5.56 Å². The molecule has 0 fully saturated rings. The van der Waals surface area contributed by atoms with Gasteiger partial charge in [-0.25, -0.2) is 0 Å². The number of anilines is 1. The Morgan fingerprint density at radius 2 is 1.70 bits per heavy atom. The molecule has 0 aliphatic heterocycles. The Morgan fingerprint density at radius 1 is 1.05 bits per heavy atom. The highest BCUT2D eigenvalue weighted by Gasteiger charge is 2.06. The Morgan fingerprint density at radius 3 is 2.25 bits per heavy atom. The van der Waals surface area contributed by atoms with Crippen molar-refractivity contribution in [1.82, 2.24) is 0 Å². The molecule has 1 amide bonds. The standard InChI is InChI=1S/C17H19NO2/c1-3-4-13-5-9-15(10-6-13)18-17(19)14-7-11-16(20-2)12-8-14/h5-12H,3-4H2,1-2H3,(H,18,19). The summed E-state index contributed by atoms with van der Waals surface area (Å²) in [4.78, 5) is 12.1. The predicted octanol–water partition coefficient (Wildman–Crippen LogP) is 3.90. The third-order valence-corrected chi connectivity index (χ3v) is 3.10. The van der Waals surface area contributed by atoms with Crippen LogP contribution in [0.15, 0.2) is 48.5 Å². The molecule has 2 aromatic carbocycles. The molecule has 0 aliphatic carbocycles. The molecule has 0 unspecified atom stereocenters. The van der Waals surface area contributed by atoms with Gasteiger partial charge in [0.05, 0.1) is 7.11 Å². The lowest BCUT2D eigenvalue weighted by Gasteiger charge is -2.07. The van der Waals surface area contributed by atoms with E-state index in [-0.39, 0.29) is 5.91 Å². The van der Waals surface area contributed by atoms with Crippen molar-refractivity contribution >= 4 is 11.6 Å². The summed E-state index contributed by atoms with van der Waals surface area (Å²) in [7, 11) is 1.60. The van der Waals surface area contributed by atoms with Crippen LogP contribution in [0.1, 0.15) is 29.3 Å². The van der Waals surface area contributed by atoms with Gasteiger partial charge in [0.2, 0.25) is 0 Å². The third-order valence-electron chi connectivity index (χ3n) is 3.10. The van der Waals surface area contributed by atoms with E-state index in [0.717, 1.165) is 24.3 Å². The first-order chi connectivity index (χ1) is 9.72. The Kier molecular flexibility index (Phi) is 4.77. The summed E-state index contributed by atoms with van der Waals surface area (Å²) >= 11 is 0. The number of rotatable bonds is 5. The summed E-state index contributed by atoms with van der Waals surface area (Å²) in [5.74, 6) is 0.626. The van der Waals surface area contributed by atoms with Crippen molar-refractivity contribution in [3.63, 3.8) is 0 Å². The predicted molar refractivity (Wildman–Crippen MR) is 81.4 cm³/mol. The molecule has 104 valence electrons. The molecule has 3 nitrogen and oxygen atoms in total. The van der Waals surface area contributed by atoms with Crippen molar-refractivity contribution in [1.29, 1.82) is 0 Å².